The van der Waals surface area contributed by atoms with Crippen molar-refractivity contribution in [1.82, 2.24) is 9.47 Å². The van der Waals surface area contributed by atoms with E-state index in [4.69, 9.17) is 11.6 Å². The third kappa shape index (κ3) is 3.42. The van der Waals surface area contributed by atoms with Gasteiger partial charge in [-0.05, 0) is 60.0 Å². The van der Waals surface area contributed by atoms with Crippen LogP contribution in [-0.2, 0) is 13.0 Å². The van der Waals surface area contributed by atoms with Crippen LogP contribution in [0.4, 0.5) is 4.39 Å². The van der Waals surface area contributed by atoms with Crippen molar-refractivity contribution >= 4 is 34.3 Å². The van der Waals surface area contributed by atoms with Gasteiger partial charge >= 0.3 is 0 Å². The number of halogens is 2. The summed E-state index contributed by atoms with van der Waals surface area (Å²) >= 11 is 6.30. The van der Waals surface area contributed by atoms with Crippen molar-refractivity contribution < 1.29 is 4.39 Å². The van der Waals surface area contributed by atoms with Gasteiger partial charge in [0.15, 0.2) is 0 Å². The first-order valence-corrected chi connectivity index (χ1v) is 9.79. The highest BCUT2D eigenvalue weighted by Crippen LogP contribution is 2.34. The predicted molar refractivity (Wildman–Crippen MR) is 112 cm³/mol. The molecule has 2 heterocycles. The molecule has 0 radical (unpaired) electrons. The molecule has 0 saturated carbocycles. The molecule has 1 aromatic heterocycles. The van der Waals surface area contributed by atoms with E-state index in [-0.39, 0.29) is 5.82 Å². The van der Waals surface area contributed by atoms with E-state index in [0.717, 1.165) is 30.1 Å². The second-order valence-electron chi connectivity index (χ2n) is 7.69. The molecule has 1 aliphatic heterocycles. The third-order valence-electron chi connectivity index (χ3n) is 5.41. The van der Waals surface area contributed by atoms with Crippen LogP contribution in [0.5, 0.6) is 0 Å². The van der Waals surface area contributed by atoms with Crippen LogP contribution < -0.4 is 0 Å². The molecule has 4 heteroatoms. The molecule has 3 aromatic rings. The van der Waals surface area contributed by atoms with E-state index in [1.807, 2.05) is 18.2 Å². The lowest BCUT2D eigenvalue weighted by Gasteiger charge is -2.24. The van der Waals surface area contributed by atoms with E-state index in [1.165, 1.54) is 39.9 Å². The number of likely N-dealkylation sites (N-methyl/N-ethyl adjacent to an activating group) is 1. The molecule has 2 nitrogen and oxygen atoms in total. The Balaban J connectivity index is 1.94. The Morgan fingerprint density at radius 2 is 1.89 bits per heavy atom. The Labute approximate surface area is 164 Å². The lowest BCUT2D eigenvalue weighted by Crippen LogP contribution is -2.26. The van der Waals surface area contributed by atoms with Gasteiger partial charge in [0.25, 0.3) is 0 Å². The first-order chi connectivity index (χ1) is 12.9. The minimum Gasteiger partial charge on any atom is -0.320 e. The zero-order valence-corrected chi connectivity index (χ0v) is 16.7. The fraction of sp³-hybridized carbons (Fsp3) is 0.304. The molecule has 0 aliphatic carbocycles. The van der Waals surface area contributed by atoms with Crippen molar-refractivity contribution in [3.63, 3.8) is 0 Å². The monoisotopic (exact) mass is 382 g/mol. The second-order valence-corrected chi connectivity index (χ2v) is 8.13. The second kappa shape index (κ2) is 7.14. The molecule has 27 heavy (non-hydrogen) atoms. The van der Waals surface area contributed by atoms with Crippen LogP contribution in [-0.4, -0.2) is 23.1 Å². The van der Waals surface area contributed by atoms with Gasteiger partial charge in [0.05, 0.1) is 5.52 Å². The van der Waals surface area contributed by atoms with Gasteiger partial charge in [-0.25, -0.2) is 4.39 Å². The predicted octanol–water partition coefficient (Wildman–Crippen LogP) is 6.08. The average Bonchev–Trinajstić information content (AvgIpc) is 2.92. The number of hydrogen-bond donors (Lipinski definition) is 0. The molecule has 4 rings (SSSR count). The number of benzene rings is 2. The number of hydrogen-bond acceptors (Lipinski definition) is 1. The van der Waals surface area contributed by atoms with Gasteiger partial charge in [-0.1, -0.05) is 37.6 Å². The fourth-order valence-electron chi connectivity index (χ4n) is 3.99. The summed E-state index contributed by atoms with van der Waals surface area (Å²) in [5.41, 5.74) is 6.15. The average molecular weight is 383 g/mol. The number of nitrogens with zero attached hydrogens (tertiary/aromatic N) is 2. The topological polar surface area (TPSA) is 8.17 Å². The van der Waals surface area contributed by atoms with Gasteiger partial charge in [-0.15, -0.1) is 0 Å². The largest absolute Gasteiger partial charge is 0.320 e. The Morgan fingerprint density at radius 1 is 1.15 bits per heavy atom. The number of allylic oxidation sites excluding steroid dienone is 1. The SMILES string of the molecule is CC(C)/C(=C\n1c2c(c3cc(Cl)ccc31)CN(C)CC2)c1ccc(F)cc1. The van der Waals surface area contributed by atoms with Crippen LogP contribution in [0.1, 0.15) is 30.7 Å². The highest BCUT2D eigenvalue weighted by molar-refractivity contribution is 6.31. The first kappa shape index (κ1) is 18.3. The van der Waals surface area contributed by atoms with E-state index in [1.54, 1.807) is 0 Å². The van der Waals surface area contributed by atoms with Crippen LogP contribution in [0.2, 0.25) is 5.02 Å². The molecular formula is C23H24ClFN2. The quantitative estimate of drug-likeness (QED) is 0.533. The van der Waals surface area contributed by atoms with Gasteiger partial charge in [-0.2, -0.15) is 0 Å². The molecule has 0 unspecified atom stereocenters. The number of fused-ring (bicyclic) bond motifs is 3. The van der Waals surface area contributed by atoms with Gasteiger partial charge in [-0.3, -0.25) is 0 Å². The lowest BCUT2D eigenvalue weighted by atomic mass is 9.96. The Morgan fingerprint density at radius 3 is 2.59 bits per heavy atom. The number of aromatic nitrogens is 1. The highest BCUT2D eigenvalue weighted by Gasteiger charge is 2.22. The van der Waals surface area contributed by atoms with Crippen LogP contribution in [0.25, 0.3) is 22.7 Å². The molecule has 1 aliphatic rings. The van der Waals surface area contributed by atoms with Gasteiger partial charge < -0.3 is 9.47 Å². The zero-order chi connectivity index (χ0) is 19.1. The maximum Gasteiger partial charge on any atom is 0.123 e. The summed E-state index contributed by atoms with van der Waals surface area (Å²) in [5, 5.41) is 1.99. The van der Waals surface area contributed by atoms with E-state index in [2.05, 4.69) is 48.7 Å². The summed E-state index contributed by atoms with van der Waals surface area (Å²) in [6, 6.07) is 12.9. The standard InChI is InChI=1S/C23H24ClFN2/c1-15(2)20(16-4-7-18(25)8-5-16)14-27-22-9-6-17(24)12-19(22)21-13-26(3)11-10-23(21)27/h4-9,12,14-15H,10-11,13H2,1-3H3/b20-14+. The molecule has 140 valence electrons. The highest BCUT2D eigenvalue weighted by atomic mass is 35.5. The molecular weight excluding hydrogens is 359 g/mol. The first-order valence-electron chi connectivity index (χ1n) is 9.41. The smallest absolute Gasteiger partial charge is 0.123 e. The normalized spacial score (nSPS) is 15.6. The van der Waals surface area contributed by atoms with Crippen molar-refractivity contribution in [3.8, 4) is 0 Å². The van der Waals surface area contributed by atoms with Crippen molar-refractivity contribution in [2.24, 2.45) is 5.92 Å². The van der Waals surface area contributed by atoms with Crippen LogP contribution in [0.3, 0.4) is 0 Å². The van der Waals surface area contributed by atoms with E-state index >= 15 is 0 Å². The minimum absolute atomic E-state index is 0.205. The van der Waals surface area contributed by atoms with E-state index in [0.29, 0.717) is 5.92 Å². The zero-order valence-electron chi connectivity index (χ0n) is 16.0. The van der Waals surface area contributed by atoms with Crippen LogP contribution in [0, 0.1) is 11.7 Å². The van der Waals surface area contributed by atoms with Crippen LogP contribution >= 0.6 is 11.6 Å². The lowest BCUT2D eigenvalue weighted by molar-refractivity contribution is 0.312. The molecule has 2 aromatic carbocycles. The summed E-state index contributed by atoms with van der Waals surface area (Å²) in [5.74, 6) is 0.116. The van der Waals surface area contributed by atoms with E-state index < -0.39 is 0 Å². The summed E-state index contributed by atoms with van der Waals surface area (Å²) in [4.78, 5) is 2.35. The molecule has 0 spiro atoms. The van der Waals surface area contributed by atoms with Gasteiger partial charge in [0.2, 0.25) is 0 Å². The molecule has 0 atom stereocenters. The Hall–Kier alpha value is -2.10. The van der Waals surface area contributed by atoms with Crippen molar-refractivity contribution in [1.29, 1.82) is 0 Å². The van der Waals surface area contributed by atoms with E-state index in [9.17, 15) is 4.39 Å². The molecule has 0 saturated heterocycles. The fourth-order valence-corrected chi connectivity index (χ4v) is 4.16. The van der Waals surface area contributed by atoms with Gasteiger partial charge in [0.1, 0.15) is 5.82 Å². The number of rotatable bonds is 3. The van der Waals surface area contributed by atoms with Crippen molar-refractivity contribution in [2.45, 2.75) is 26.8 Å². The minimum atomic E-state index is -0.205. The molecule has 0 amide bonds. The molecule has 0 fully saturated rings. The summed E-state index contributed by atoms with van der Waals surface area (Å²) in [7, 11) is 2.16. The molecule has 0 N–H and O–H groups in total. The maximum absolute atomic E-state index is 13.4. The Bertz CT molecular complexity index is 1020. The Kier molecular flexibility index (Phi) is 4.83. The van der Waals surface area contributed by atoms with Crippen LogP contribution in [0.15, 0.2) is 42.5 Å². The maximum atomic E-state index is 13.4. The third-order valence-corrected chi connectivity index (χ3v) is 5.64. The van der Waals surface area contributed by atoms with Crippen molar-refractivity contribution in [3.05, 3.63) is 70.1 Å². The molecule has 0 bridgehead atoms. The van der Waals surface area contributed by atoms with Crippen molar-refractivity contribution in [2.75, 3.05) is 13.6 Å². The van der Waals surface area contributed by atoms with Gasteiger partial charge in [0, 0.05) is 41.8 Å². The summed E-state index contributed by atoms with van der Waals surface area (Å²) in [6.45, 7) is 6.33. The summed E-state index contributed by atoms with van der Waals surface area (Å²) in [6.07, 6.45) is 3.24. The summed E-state index contributed by atoms with van der Waals surface area (Å²) < 4.78 is 15.7.